The normalized spacial score (nSPS) is 17.6. The van der Waals surface area contributed by atoms with Crippen LogP contribution in [0, 0.1) is 5.41 Å². The van der Waals surface area contributed by atoms with Gasteiger partial charge in [0.25, 0.3) is 0 Å². The monoisotopic (exact) mass is 277 g/mol. The third kappa shape index (κ3) is 3.22. The number of hydrogen-bond acceptors (Lipinski definition) is 4. The second-order valence-corrected chi connectivity index (χ2v) is 5.79. The Morgan fingerprint density at radius 3 is 2.80 bits per heavy atom. The van der Waals surface area contributed by atoms with Crippen LogP contribution < -0.4 is 15.8 Å². The van der Waals surface area contributed by atoms with Gasteiger partial charge in [-0.2, -0.15) is 0 Å². The molecule has 1 aromatic rings. The van der Waals surface area contributed by atoms with Crippen LogP contribution in [-0.2, 0) is 6.54 Å². The molecule has 20 heavy (non-hydrogen) atoms. The van der Waals surface area contributed by atoms with E-state index in [-0.39, 0.29) is 5.84 Å². The van der Waals surface area contributed by atoms with Gasteiger partial charge in [0, 0.05) is 13.1 Å². The minimum Gasteiger partial charge on any atom is -0.496 e. The molecule has 0 spiro atoms. The summed E-state index contributed by atoms with van der Waals surface area (Å²) in [6.45, 7) is 4.16. The molecule has 0 aliphatic heterocycles. The fourth-order valence-electron chi connectivity index (χ4n) is 2.58. The minimum atomic E-state index is 0.0586. The lowest BCUT2D eigenvalue weighted by Gasteiger charge is -2.38. The maximum Gasteiger partial charge on any atom is 0.173 e. The standard InChI is InChI=1S/C15H23N3O2/c1-15(6-3-7-15)10-17-9-11-4-5-12(14(16)18-19)13(8-11)20-2/h4-5,8,17,19H,3,6-7,9-10H2,1-2H3,(H2,16,18). The van der Waals surface area contributed by atoms with Crippen molar-refractivity contribution in [1.29, 1.82) is 0 Å². The van der Waals surface area contributed by atoms with Gasteiger partial charge >= 0.3 is 0 Å². The molecule has 0 aromatic heterocycles. The molecule has 0 heterocycles. The topological polar surface area (TPSA) is 79.9 Å². The number of nitrogens with one attached hydrogen (secondary N) is 1. The Hall–Kier alpha value is -1.75. The lowest BCUT2D eigenvalue weighted by Crippen LogP contribution is -2.36. The molecule has 1 aliphatic carbocycles. The smallest absolute Gasteiger partial charge is 0.173 e. The zero-order valence-corrected chi connectivity index (χ0v) is 12.1. The van der Waals surface area contributed by atoms with Crippen molar-refractivity contribution in [3.63, 3.8) is 0 Å². The highest BCUT2D eigenvalue weighted by Crippen LogP contribution is 2.39. The van der Waals surface area contributed by atoms with Crippen molar-refractivity contribution in [2.75, 3.05) is 13.7 Å². The largest absolute Gasteiger partial charge is 0.496 e. The molecule has 0 unspecified atom stereocenters. The summed E-state index contributed by atoms with van der Waals surface area (Å²) >= 11 is 0. The maximum atomic E-state index is 8.74. The van der Waals surface area contributed by atoms with Gasteiger partial charge in [-0.25, -0.2) is 0 Å². The van der Waals surface area contributed by atoms with Gasteiger partial charge in [-0.3, -0.25) is 0 Å². The molecule has 1 aromatic carbocycles. The summed E-state index contributed by atoms with van der Waals surface area (Å²) in [6, 6.07) is 5.70. The fraction of sp³-hybridized carbons (Fsp3) is 0.533. The number of ether oxygens (including phenoxy) is 1. The summed E-state index contributed by atoms with van der Waals surface area (Å²) in [6.07, 6.45) is 3.97. The molecule has 1 saturated carbocycles. The molecular weight excluding hydrogens is 254 g/mol. The van der Waals surface area contributed by atoms with Gasteiger partial charge in [-0.05, 0) is 36.0 Å². The van der Waals surface area contributed by atoms with Crippen molar-refractivity contribution in [1.82, 2.24) is 5.32 Å². The Balaban J connectivity index is 1.98. The van der Waals surface area contributed by atoms with Gasteiger partial charge < -0.3 is 21.0 Å². The molecule has 2 rings (SSSR count). The Morgan fingerprint density at radius 2 is 2.25 bits per heavy atom. The minimum absolute atomic E-state index is 0.0586. The average Bonchev–Trinajstić information content (AvgIpc) is 2.44. The molecule has 0 radical (unpaired) electrons. The SMILES string of the molecule is COc1cc(CNCC2(C)CCC2)ccc1/C(N)=N/O. The number of benzene rings is 1. The van der Waals surface area contributed by atoms with Gasteiger partial charge in [0.2, 0.25) is 0 Å². The van der Waals surface area contributed by atoms with Crippen LogP contribution in [0.1, 0.15) is 37.3 Å². The maximum absolute atomic E-state index is 8.74. The zero-order chi connectivity index (χ0) is 14.6. The van der Waals surface area contributed by atoms with E-state index >= 15 is 0 Å². The number of oxime groups is 1. The van der Waals surface area contributed by atoms with E-state index in [2.05, 4.69) is 17.4 Å². The van der Waals surface area contributed by atoms with Crippen LogP contribution in [0.25, 0.3) is 0 Å². The zero-order valence-electron chi connectivity index (χ0n) is 12.1. The highest BCUT2D eigenvalue weighted by molar-refractivity contribution is 5.99. The Labute approximate surface area is 119 Å². The lowest BCUT2D eigenvalue weighted by molar-refractivity contribution is 0.156. The summed E-state index contributed by atoms with van der Waals surface area (Å²) < 4.78 is 5.29. The Morgan fingerprint density at radius 1 is 1.50 bits per heavy atom. The molecule has 110 valence electrons. The first kappa shape index (κ1) is 14.7. The highest BCUT2D eigenvalue weighted by Gasteiger charge is 2.30. The average molecular weight is 277 g/mol. The molecular formula is C15H23N3O2. The van der Waals surface area contributed by atoms with E-state index in [1.54, 1.807) is 7.11 Å². The third-order valence-corrected chi connectivity index (χ3v) is 4.09. The second kappa shape index (κ2) is 6.13. The molecule has 1 aliphatic rings. The summed E-state index contributed by atoms with van der Waals surface area (Å²) in [5.41, 5.74) is 7.80. The Bertz CT molecular complexity index is 496. The van der Waals surface area contributed by atoms with E-state index in [9.17, 15) is 0 Å². The number of nitrogens with zero attached hydrogens (tertiary/aromatic N) is 1. The predicted octanol–water partition coefficient (Wildman–Crippen LogP) is 2.07. The van der Waals surface area contributed by atoms with Gasteiger partial charge in [0.15, 0.2) is 5.84 Å². The van der Waals surface area contributed by atoms with Gasteiger partial charge in [-0.1, -0.05) is 24.6 Å². The number of rotatable bonds is 6. The number of methoxy groups -OCH3 is 1. The molecule has 1 fully saturated rings. The van der Waals surface area contributed by atoms with Crippen LogP contribution >= 0.6 is 0 Å². The van der Waals surface area contributed by atoms with Crippen molar-refractivity contribution < 1.29 is 9.94 Å². The van der Waals surface area contributed by atoms with Crippen molar-refractivity contribution in [2.45, 2.75) is 32.7 Å². The van der Waals surface area contributed by atoms with E-state index in [4.69, 9.17) is 15.7 Å². The molecule has 5 heteroatoms. The van der Waals surface area contributed by atoms with Crippen LogP contribution in [0.3, 0.4) is 0 Å². The Kier molecular flexibility index (Phi) is 4.49. The third-order valence-electron chi connectivity index (χ3n) is 4.09. The van der Waals surface area contributed by atoms with E-state index in [1.807, 2.05) is 18.2 Å². The van der Waals surface area contributed by atoms with Crippen LogP contribution in [0.2, 0.25) is 0 Å². The molecule has 0 amide bonds. The predicted molar refractivity (Wildman–Crippen MR) is 79.2 cm³/mol. The molecule has 4 N–H and O–H groups in total. The van der Waals surface area contributed by atoms with E-state index < -0.39 is 0 Å². The summed E-state index contributed by atoms with van der Waals surface area (Å²) in [5, 5.41) is 15.2. The first-order valence-corrected chi connectivity index (χ1v) is 6.93. The summed E-state index contributed by atoms with van der Waals surface area (Å²) in [7, 11) is 1.58. The quantitative estimate of drug-likeness (QED) is 0.322. The van der Waals surface area contributed by atoms with E-state index in [1.165, 1.54) is 19.3 Å². The van der Waals surface area contributed by atoms with Gasteiger partial charge in [0.1, 0.15) is 5.75 Å². The van der Waals surface area contributed by atoms with Crippen molar-refractivity contribution >= 4 is 5.84 Å². The van der Waals surface area contributed by atoms with Crippen LogP contribution in [0.4, 0.5) is 0 Å². The van der Waals surface area contributed by atoms with Crippen molar-refractivity contribution in [3.8, 4) is 5.75 Å². The number of hydrogen-bond donors (Lipinski definition) is 3. The second-order valence-electron chi connectivity index (χ2n) is 5.79. The first-order valence-electron chi connectivity index (χ1n) is 6.93. The lowest BCUT2D eigenvalue weighted by atomic mass is 9.70. The van der Waals surface area contributed by atoms with Crippen LogP contribution in [0.5, 0.6) is 5.75 Å². The van der Waals surface area contributed by atoms with Crippen LogP contribution in [-0.4, -0.2) is 24.7 Å². The molecule has 5 nitrogen and oxygen atoms in total. The molecule has 0 saturated heterocycles. The summed E-state index contributed by atoms with van der Waals surface area (Å²) in [4.78, 5) is 0. The summed E-state index contributed by atoms with van der Waals surface area (Å²) in [5.74, 6) is 0.679. The highest BCUT2D eigenvalue weighted by atomic mass is 16.5. The van der Waals surface area contributed by atoms with Crippen molar-refractivity contribution in [3.05, 3.63) is 29.3 Å². The molecule has 0 bridgehead atoms. The first-order chi connectivity index (χ1) is 9.58. The van der Waals surface area contributed by atoms with Gasteiger partial charge in [0.05, 0.1) is 12.7 Å². The number of nitrogens with two attached hydrogens (primary N) is 1. The van der Waals surface area contributed by atoms with Crippen molar-refractivity contribution in [2.24, 2.45) is 16.3 Å². The van der Waals surface area contributed by atoms with Gasteiger partial charge in [-0.15, -0.1) is 0 Å². The van der Waals surface area contributed by atoms with E-state index in [0.29, 0.717) is 16.7 Å². The van der Waals surface area contributed by atoms with Crippen LogP contribution in [0.15, 0.2) is 23.4 Å². The fourth-order valence-corrected chi connectivity index (χ4v) is 2.58. The molecule has 0 atom stereocenters. The van der Waals surface area contributed by atoms with E-state index in [0.717, 1.165) is 18.7 Å². The number of amidine groups is 1.